The number of carbonyl (C=O) groups is 1. The minimum atomic E-state index is -0.230. The average molecular weight is 264 g/mol. The summed E-state index contributed by atoms with van der Waals surface area (Å²) in [5.41, 5.74) is 2.14. The second-order valence-electron chi connectivity index (χ2n) is 4.30. The number of nitrogens with zero attached hydrogens (tertiary/aromatic N) is 1. The zero-order chi connectivity index (χ0) is 13.1. The van der Waals surface area contributed by atoms with E-state index in [1.54, 1.807) is 12.0 Å². The highest BCUT2D eigenvalue weighted by Gasteiger charge is 2.32. The van der Waals surface area contributed by atoms with Gasteiger partial charge in [0.25, 0.3) is 5.91 Å². The first-order chi connectivity index (χ1) is 8.63. The Balaban J connectivity index is 2.19. The van der Waals surface area contributed by atoms with E-state index in [9.17, 15) is 4.79 Å². The van der Waals surface area contributed by atoms with E-state index in [0.29, 0.717) is 18.3 Å². The fraction of sp³-hybridized carbons (Fsp3) is 0.385. The minimum absolute atomic E-state index is 0.0206. The molecule has 1 aliphatic heterocycles. The van der Waals surface area contributed by atoms with Gasteiger partial charge in [-0.3, -0.25) is 9.69 Å². The Labute approximate surface area is 112 Å². The van der Waals surface area contributed by atoms with Crippen molar-refractivity contribution in [3.8, 4) is 0 Å². The van der Waals surface area contributed by atoms with Crippen molar-refractivity contribution >= 4 is 23.2 Å². The molecule has 1 aliphatic rings. The molecule has 1 N–H and O–H groups in total. The van der Waals surface area contributed by atoms with E-state index in [0.717, 1.165) is 11.1 Å². The maximum absolute atomic E-state index is 11.9. The summed E-state index contributed by atoms with van der Waals surface area (Å²) >= 11 is 5.16. The molecular weight excluding hydrogens is 248 g/mol. The number of methoxy groups -OCH3 is 1. The maximum Gasteiger partial charge on any atom is 0.251 e. The molecule has 1 atom stereocenters. The van der Waals surface area contributed by atoms with Gasteiger partial charge in [-0.25, -0.2) is 0 Å². The summed E-state index contributed by atoms with van der Waals surface area (Å²) < 4.78 is 5.16. The van der Waals surface area contributed by atoms with Crippen molar-refractivity contribution in [2.75, 3.05) is 7.11 Å². The smallest absolute Gasteiger partial charge is 0.251 e. The molecule has 0 saturated carbocycles. The molecule has 1 aromatic rings. The molecule has 0 aromatic heterocycles. The predicted molar refractivity (Wildman–Crippen MR) is 72.9 cm³/mol. The van der Waals surface area contributed by atoms with E-state index in [2.05, 4.69) is 5.32 Å². The van der Waals surface area contributed by atoms with Crippen LogP contribution >= 0.6 is 12.2 Å². The highest BCUT2D eigenvalue weighted by atomic mass is 32.1. The van der Waals surface area contributed by atoms with Crippen LogP contribution in [0.5, 0.6) is 0 Å². The SMILES string of the molecule is COCc1ccccc1CN1C(=O)C(C)NC1=S. The fourth-order valence-electron chi connectivity index (χ4n) is 1.99. The van der Waals surface area contributed by atoms with E-state index in [1.165, 1.54) is 0 Å². The number of nitrogens with one attached hydrogen (secondary N) is 1. The molecule has 1 unspecified atom stereocenters. The van der Waals surface area contributed by atoms with E-state index in [1.807, 2.05) is 31.2 Å². The largest absolute Gasteiger partial charge is 0.380 e. The minimum Gasteiger partial charge on any atom is -0.380 e. The first-order valence-corrected chi connectivity index (χ1v) is 6.22. The van der Waals surface area contributed by atoms with Gasteiger partial charge >= 0.3 is 0 Å². The molecule has 2 rings (SSSR count). The Morgan fingerprint density at radius 1 is 1.39 bits per heavy atom. The third-order valence-electron chi connectivity index (χ3n) is 2.97. The quantitative estimate of drug-likeness (QED) is 0.836. The Hall–Kier alpha value is -1.46. The Morgan fingerprint density at radius 2 is 2.06 bits per heavy atom. The van der Waals surface area contributed by atoms with Crippen LogP contribution in [0, 0.1) is 0 Å². The molecule has 1 heterocycles. The third-order valence-corrected chi connectivity index (χ3v) is 3.31. The van der Waals surface area contributed by atoms with Crippen molar-refractivity contribution in [3.63, 3.8) is 0 Å². The molecule has 0 spiro atoms. The zero-order valence-electron chi connectivity index (χ0n) is 10.5. The summed E-state index contributed by atoms with van der Waals surface area (Å²) in [6, 6.07) is 7.68. The number of carbonyl (C=O) groups excluding carboxylic acids is 1. The molecular formula is C13H16N2O2S. The van der Waals surface area contributed by atoms with Crippen LogP contribution in [-0.2, 0) is 22.7 Å². The molecule has 1 amide bonds. The summed E-state index contributed by atoms with van der Waals surface area (Å²) in [6.07, 6.45) is 0. The number of rotatable bonds is 4. The molecule has 1 aromatic carbocycles. The van der Waals surface area contributed by atoms with Crippen molar-refractivity contribution < 1.29 is 9.53 Å². The topological polar surface area (TPSA) is 41.6 Å². The lowest BCUT2D eigenvalue weighted by atomic mass is 10.1. The van der Waals surface area contributed by atoms with E-state index < -0.39 is 0 Å². The number of amides is 1. The molecule has 5 heteroatoms. The lowest BCUT2D eigenvalue weighted by molar-refractivity contribution is -0.127. The van der Waals surface area contributed by atoms with E-state index in [-0.39, 0.29) is 11.9 Å². The molecule has 96 valence electrons. The van der Waals surface area contributed by atoms with Crippen LogP contribution < -0.4 is 5.32 Å². The second-order valence-corrected chi connectivity index (χ2v) is 4.68. The van der Waals surface area contributed by atoms with Gasteiger partial charge in [-0.15, -0.1) is 0 Å². The van der Waals surface area contributed by atoms with Crippen LogP contribution in [0.15, 0.2) is 24.3 Å². The maximum atomic E-state index is 11.9. The normalized spacial score (nSPS) is 19.2. The van der Waals surface area contributed by atoms with Gasteiger partial charge in [0, 0.05) is 7.11 Å². The van der Waals surface area contributed by atoms with Crippen LogP contribution in [0.2, 0.25) is 0 Å². The number of hydrogen-bond acceptors (Lipinski definition) is 3. The Bertz CT molecular complexity index is 476. The molecule has 4 nitrogen and oxygen atoms in total. The standard InChI is InChI=1S/C13H16N2O2S/c1-9-12(16)15(13(18)14-9)7-10-5-3-4-6-11(10)8-17-2/h3-6,9H,7-8H2,1-2H3,(H,14,18). The first-order valence-electron chi connectivity index (χ1n) is 5.81. The number of benzene rings is 1. The Kier molecular flexibility index (Phi) is 3.93. The lowest BCUT2D eigenvalue weighted by Crippen LogP contribution is -2.30. The first kappa shape index (κ1) is 13.0. The number of hydrogen-bond donors (Lipinski definition) is 1. The Morgan fingerprint density at radius 3 is 2.61 bits per heavy atom. The van der Waals surface area contributed by atoms with Crippen LogP contribution in [0.1, 0.15) is 18.1 Å². The van der Waals surface area contributed by atoms with Gasteiger partial charge in [0.05, 0.1) is 13.2 Å². The van der Waals surface area contributed by atoms with E-state index in [4.69, 9.17) is 17.0 Å². The van der Waals surface area contributed by atoms with Gasteiger partial charge < -0.3 is 10.1 Å². The van der Waals surface area contributed by atoms with Crippen LogP contribution in [0.4, 0.5) is 0 Å². The van der Waals surface area contributed by atoms with Gasteiger partial charge in [-0.05, 0) is 30.3 Å². The molecule has 0 aliphatic carbocycles. The van der Waals surface area contributed by atoms with Crippen molar-refractivity contribution in [1.29, 1.82) is 0 Å². The van der Waals surface area contributed by atoms with Crippen molar-refractivity contribution in [1.82, 2.24) is 10.2 Å². The van der Waals surface area contributed by atoms with Gasteiger partial charge in [-0.1, -0.05) is 24.3 Å². The number of thiocarbonyl (C=S) groups is 1. The predicted octanol–water partition coefficient (Wildman–Crippen LogP) is 1.44. The van der Waals surface area contributed by atoms with Gasteiger partial charge in [-0.2, -0.15) is 0 Å². The summed E-state index contributed by atoms with van der Waals surface area (Å²) in [5.74, 6) is 0.0206. The van der Waals surface area contributed by atoms with E-state index >= 15 is 0 Å². The number of ether oxygens (including phenoxy) is 1. The van der Waals surface area contributed by atoms with Gasteiger partial charge in [0.2, 0.25) is 0 Å². The molecule has 18 heavy (non-hydrogen) atoms. The summed E-state index contributed by atoms with van der Waals surface area (Å²) in [5, 5.41) is 3.46. The van der Waals surface area contributed by atoms with Gasteiger partial charge in [0.1, 0.15) is 6.04 Å². The molecule has 1 saturated heterocycles. The van der Waals surface area contributed by atoms with Crippen molar-refractivity contribution in [2.24, 2.45) is 0 Å². The summed E-state index contributed by atoms with van der Waals surface area (Å²) in [4.78, 5) is 13.5. The molecule has 1 fully saturated rings. The highest BCUT2D eigenvalue weighted by Crippen LogP contribution is 2.16. The average Bonchev–Trinajstić information content (AvgIpc) is 2.59. The van der Waals surface area contributed by atoms with Gasteiger partial charge in [0.15, 0.2) is 5.11 Å². The van der Waals surface area contributed by atoms with Crippen molar-refractivity contribution in [2.45, 2.75) is 26.1 Å². The summed E-state index contributed by atoms with van der Waals surface area (Å²) in [7, 11) is 1.66. The fourth-order valence-corrected chi connectivity index (χ4v) is 2.32. The van der Waals surface area contributed by atoms with Crippen LogP contribution in [0.25, 0.3) is 0 Å². The molecule has 0 radical (unpaired) electrons. The van der Waals surface area contributed by atoms with Crippen LogP contribution in [0.3, 0.4) is 0 Å². The highest BCUT2D eigenvalue weighted by molar-refractivity contribution is 7.80. The third kappa shape index (κ3) is 2.52. The summed E-state index contributed by atoms with van der Waals surface area (Å²) in [6.45, 7) is 2.85. The zero-order valence-corrected chi connectivity index (χ0v) is 11.3. The monoisotopic (exact) mass is 264 g/mol. The lowest BCUT2D eigenvalue weighted by Gasteiger charge is -2.17. The van der Waals surface area contributed by atoms with Crippen molar-refractivity contribution in [3.05, 3.63) is 35.4 Å². The van der Waals surface area contributed by atoms with Crippen LogP contribution in [-0.4, -0.2) is 29.1 Å². The second kappa shape index (κ2) is 5.46. The molecule has 0 bridgehead atoms.